The molecule has 1 atom stereocenters. The van der Waals surface area contributed by atoms with Crippen molar-refractivity contribution in [2.75, 3.05) is 6.61 Å². The molecule has 1 aromatic carbocycles. The lowest BCUT2D eigenvalue weighted by Crippen LogP contribution is -2.32. The summed E-state index contributed by atoms with van der Waals surface area (Å²) < 4.78 is 5.43. The SMILES string of the molecule is C=C(C)COc1ccc(CC(N)C(=O)O)cc1Cl. The van der Waals surface area contributed by atoms with Gasteiger partial charge in [-0.05, 0) is 36.6 Å². The molecule has 0 amide bonds. The lowest BCUT2D eigenvalue weighted by molar-refractivity contribution is -0.138. The van der Waals surface area contributed by atoms with Crippen LogP contribution in [-0.4, -0.2) is 23.7 Å². The summed E-state index contributed by atoms with van der Waals surface area (Å²) >= 11 is 6.03. The Hall–Kier alpha value is -1.52. The quantitative estimate of drug-likeness (QED) is 0.777. The molecule has 0 fully saturated rings. The highest BCUT2D eigenvalue weighted by Gasteiger charge is 2.13. The van der Waals surface area contributed by atoms with Gasteiger partial charge in [0.05, 0.1) is 5.02 Å². The highest BCUT2D eigenvalue weighted by Crippen LogP contribution is 2.26. The molecular weight excluding hydrogens is 254 g/mol. The normalized spacial score (nSPS) is 11.9. The number of benzene rings is 1. The second-order valence-electron chi connectivity index (χ2n) is 4.16. The molecule has 98 valence electrons. The Balaban J connectivity index is 2.73. The molecule has 1 rings (SSSR count). The number of carboxylic acids is 1. The molecule has 0 saturated heterocycles. The molecule has 18 heavy (non-hydrogen) atoms. The van der Waals surface area contributed by atoms with Gasteiger partial charge in [0.25, 0.3) is 0 Å². The van der Waals surface area contributed by atoms with Gasteiger partial charge in [-0.25, -0.2) is 0 Å². The van der Waals surface area contributed by atoms with Crippen LogP contribution < -0.4 is 10.5 Å². The Morgan fingerprint density at radius 3 is 2.78 bits per heavy atom. The van der Waals surface area contributed by atoms with Crippen LogP contribution in [0, 0.1) is 0 Å². The van der Waals surface area contributed by atoms with Gasteiger partial charge in [0.15, 0.2) is 0 Å². The van der Waals surface area contributed by atoms with Crippen LogP contribution in [0.1, 0.15) is 12.5 Å². The van der Waals surface area contributed by atoms with Crippen molar-refractivity contribution in [2.45, 2.75) is 19.4 Å². The van der Waals surface area contributed by atoms with Gasteiger partial charge in [-0.1, -0.05) is 24.2 Å². The zero-order chi connectivity index (χ0) is 13.7. The third-order valence-electron chi connectivity index (χ3n) is 2.24. The minimum absolute atomic E-state index is 0.232. The lowest BCUT2D eigenvalue weighted by atomic mass is 10.1. The van der Waals surface area contributed by atoms with Crippen LogP contribution in [0.25, 0.3) is 0 Å². The first kappa shape index (κ1) is 14.5. The highest BCUT2D eigenvalue weighted by atomic mass is 35.5. The summed E-state index contributed by atoms with van der Waals surface area (Å²) in [6.07, 6.45) is 0.232. The maximum Gasteiger partial charge on any atom is 0.320 e. The van der Waals surface area contributed by atoms with Crippen LogP contribution in [0.15, 0.2) is 30.4 Å². The van der Waals surface area contributed by atoms with Crippen LogP contribution >= 0.6 is 11.6 Å². The molecule has 3 N–H and O–H groups in total. The fourth-order valence-electron chi connectivity index (χ4n) is 1.33. The number of hydrogen-bond acceptors (Lipinski definition) is 3. The molecule has 0 aromatic heterocycles. The van der Waals surface area contributed by atoms with Gasteiger partial charge in [-0.15, -0.1) is 0 Å². The first-order valence-electron chi connectivity index (χ1n) is 5.44. The molecule has 4 nitrogen and oxygen atoms in total. The first-order valence-corrected chi connectivity index (χ1v) is 5.82. The third kappa shape index (κ3) is 4.39. The van der Waals surface area contributed by atoms with Crippen molar-refractivity contribution in [1.29, 1.82) is 0 Å². The summed E-state index contributed by atoms with van der Waals surface area (Å²) in [6, 6.07) is 4.19. The van der Waals surface area contributed by atoms with Crippen molar-refractivity contribution in [3.63, 3.8) is 0 Å². The van der Waals surface area contributed by atoms with Crippen LogP contribution in [0.4, 0.5) is 0 Å². The average Bonchev–Trinajstić information content (AvgIpc) is 2.27. The summed E-state index contributed by atoms with van der Waals surface area (Å²) in [7, 11) is 0. The Bertz CT molecular complexity index is 460. The average molecular weight is 270 g/mol. The van der Waals surface area contributed by atoms with Crippen molar-refractivity contribution in [1.82, 2.24) is 0 Å². The van der Waals surface area contributed by atoms with Gasteiger partial charge in [-0.2, -0.15) is 0 Å². The van der Waals surface area contributed by atoms with E-state index in [9.17, 15) is 4.79 Å². The molecule has 0 aliphatic carbocycles. The van der Waals surface area contributed by atoms with E-state index in [2.05, 4.69) is 6.58 Å². The largest absolute Gasteiger partial charge is 0.488 e. The van der Waals surface area contributed by atoms with Gasteiger partial charge >= 0.3 is 5.97 Å². The molecule has 0 spiro atoms. The Morgan fingerprint density at radius 1 is 1.61 bits per heavy atom. The number of hydrogen-bond donors (Lipinski definition) is 2. The second kappa shape index (κ2) is 6.42. The van der Waals surface area contributed by atoms with Gasteiger partial charge < -0.3 is 15.6 Å². The van der Waals surface area contributed by atoms with E-state index in [1.54, 1.807) is 18.2 Å². The predicted octanol–water partition coefficient (Wildman–Crippen LogP) is 2.25. The molecule has 1 unspecified atom stereocenters. The van der Waals surface area contributed by atoms with E-state index in [1.165, 1.54) is 0 Å². The van der Waals surface area contributed by atoms with Crippen molar-refractivity contribution in [3.8, 4) is 5.75 Å². The van der Waals surface area contributed by atoms with E-state index in [4.69, 9.17) is 27.2 Å². The van der Waals surface area contributed by atoms with Crippen LogP contribution in [-0.2, 0) is 11.2 Å². The number of ether oxygens (including phenoxy) is 1. The van der Waals surface area contributed by atoms with Gasteiger partial charge in [0.2, 0.25) is 0 Å². The Morgan fingerprint density at radius 2 is 2.28 bits per heavy atom. The zero-order valence-corrected chi connectivity index (χ0v) is 10.9. The van der Waals surface area contributed by atoms with Gasteiger partial charge in [0.1, 0.15) is 18.4 Å². The van der Waals surface area contributed by atoms with Crippen LogP contribution in [0.5, 0.6) is 5.75 Å². The fourth-order valence-corrected chi connectivity index (χ4v) is 1.59. The van der Waals surface area contributed by atoms with Gasteiger partial charge in [-0.3, -0.25) is 4.79 Å². The standard InChI is InChI=1S/C13H16ClNO3/c1-8(2)7-18-12-4-3-9(5-10(12)14)6-11(15)13(16)17/h3-5,11H,1,6-7,15H2,2H3,(H,16,17). The number of halogens is 1. The molecular formula is C13H16ClNO3. The van der Waals surface area contributed by atoms with Crippen molar-refractivity contribution in [2.24, 2.45) is 5.73 Å². The Labute approximate surface area is 111 Å². The van der Waals surface area contributed by atoms with Crippen molar-refractivity contribution in [3.05, 3.63) is 40.9 Å². The topological polar surface area (TPSA) is 72.5 Å². The minimum atomic E-state index is -1.03. The van der Waals surface area contributed by atoms with Crippen LogP contribution in [0.2, 0.25) is 5.02 Å². The fraction of sp³-hybridized carbons (Fsp3) is 0.308. The van der Waals surface area contributed by atoms with E-state index in [0.29, 0.717) is 17.4 Å². The van der Waals surface area contributed by atoms with Crippen molar-refractivity contribution < 1.29 is 14.6 Å². The lowest BCUT2D eigenvalue weighted by Gasteiger charge is -2.10. The van der Waals surface area contributed by atoms with E-state index in [0.717, 1.165) is 11.1 Å². The molecule has 0 heterocycles. The maximum absolute atomic E-state index is 10.6. The number of aliphatic carboxylic acids is 1. The summed E-state index contributed by atoms with van der Waals surface area (Å²) in [5, 5.41) is 9.16. The smallest absolute Gasteiger partial charge is 0.320 e. The number of nitrogens with two attached hydrogens (primary N) is 1. The molecule has 1 aromatic rings. The Kier molecular flexibility index (Phi) is 5.19. The summed E-state index contributed by atoms with van der Waals surface area (Å²) in [5.74, 6) is -0.485. The summed E-state index contributed by atoms with van der Waals surface area (Å²) in [4.78, 5) is 10.6. The second-order valence-corrected chi connectivity index (χ2v) is 4.57. The molecule has 0 saturated carbocycles. The molecule has 0 bridgehead atoms. The molecule has 0 aliphatic heterocycles. The molecule has 0 radical (unpaired) electrons. The monoisotopic (exact) mass is 269 g/mol. The number of carboxylic acid groups (broad SMARTS) is 1. The zero-order valence-electron chi connectivity index (χ0n) is 10.1. The summed E-state index contributed by atoms with van der Waals surface area (Å²) in [6.45, 7) is 5.98. The number of carbonyl (C=O) groups is 1. The molecule has 0 aliphatic rings. The van der Waals surface area contributed by atoms with Crippen molar-refractivity contribution >= 4 is 17.6 Å². The van der Waals surface area contributed by atoms with Crippen LogP contribution in [0.3, 0.4) is 0 Å². The van der Waals surface area contributed by atoms with E-state index >= 15 is 0 Å². The van der Waals surface area contributed by atoms with E-state index in [1.807, 2.05) is 6.92 Å². The van der Waals surface area contributed by atoms with E-state index in [-0.39, 0.29) is 6.42 Å². The maximum atomic E-state index is 10.6. The summed E-state index contributed by atoms with van der Waals surface area (Å²) in [5.41, 5.74) is 7.10. The predicted molar refractivity (Wildman–Crippen MR) is 71.1 cm³/mol. The first-order chi connectivity index (χ1) is 8.40. The highest BCUT2D eigenvalue weighted by molar-refractivity contribution is 6.32. The van der Waals surface area contributed by atoms with Gasteiger partial charge in [0, 0.05) is 0 Å². The minimum Gasteiger partial charge on any atom is -0.488 e. The third-order valence-corrected chi connectivity index (χ3v) is 2.54. The number of rotatable bonds is 6. The van der Waals surface area contributed by atoms with E-state index < -0.39 is 12.0 Å². The molecule has 5 heteroatoms.